The van der Waals surface area contributed by atoms with E-state index in [4.69, 9.17) is 16.3 Å². The molecule has 0 amide bonds. The number of fused-ring (bicyclic) bond motifs is 1. The van der Waals surface area contributed by atoms with Crippen LogP contribution in [0.25, 0.3) is 0 Å². The van der Waals surface area contributed by atoms with Gasteiger partial charge >= 0.3 is 5.97 Å². The van der Waals surface area contributed by atoms with E-state index in [0.717, 1.165) is 30.5 Å². The van der Waals surface area contributed by atoms with Crippen molar-refractivity contribution in [3.05, 3.63) is 68.1 Å². The highest BCUT2D eigenvalue weighted by Gasteiger charge is 2.22. The standard InChI is InChI=1S/C18H18ClNO3/c1-23-18(22)15-11-13(10-12-5-7-14(19)8-6-12)17(21)20-9-3-2-4-16(15)20/h5-8,11H,2-4,9-10H2,1H3. The molecule has 0 spiro atoms. The maximum atomic E-state index is 12.7. The molecule has 4 nitrogen and oxygen atoms in total. The molecule has 0 unspecified atom stereocenters. The predicted molar refractivity (Wildman–Crippen MR) is 89.2 cm³/mol. The highest BCUT2D eigenvalue weighted by atomic mass is 35.5. The lowest BCUT2D eigenvalue weighted by Crippen LogP contribution is -2.32. The molecular weight excluding hydrogens is 314 g/mol. The largest absolute Gasteiger partial charge is 0.465 e. The summed E-state index contributed by atoms with van der Waals surface area (Å²) >= 11 is 5.90. The number of esters is 1. The molecule has 5 heteroatoms. The minimum Gasteiger partial charge on any atom is -0.465 e. The van der Waals surface area contributed by atoms with Crippen LogP contribution in [0.1, 0.15) is 40.0 Å². The summed E-state index contributed by atoms with van der Waals surface area (Å²) in [5, 5.41) is 0.658. The molecule has 0 bridgehead atoms. The molecule has 1 aromatic heterocycles. The Labute approximate surface area is 139 Å². The van der Waals surface area contributed by atoms with Gasteiger partial charge in [0.05, 0.1) is 12.7 Å². The lowest BCUT2D eigenvalue weighted by molar-refractivity contribution is 0.0597. The molecule has 0 aliphatic carbocycles. The first kappa shape index (κ1) is 15.8. The van der Waals surface area contributed by atoms with Crippen molar-refractivity contribution in [2.75, 3.05) is 7.11 Å². The van der Waals surface area contributed by atoms with Crippen LogP contribution >= 0.6 is 11.6 Å². The van der Waals surface area contributed by atoms with Gasteiger partial charge in [-0.05, 0) is 43.0 Å². The zero-order chi connectivity index (χ0) is 16.4. The van der Waals surface area contributed by atoms with Crippen molar-refractivity contribution in [2.45, 2.75) is 32.2 Å². The second-order valence-electron chi connectivity index (χ2n) is 5.74. The molecule has 23 heavy (non-hydrogen) atoms. The van der Waals surface area contributed by atoms with Gasteiger partial charge in [0.1, 0.15) is 0 Å². The van der Waals surface area contributed by atoms with E-state index in [1.807, 2.05) is 12.1 Å². The first-order valence-electron chi connectivity index (χ1n) is 7.68. The summed E-state index contributed by atoms with van der Waals surface area (Å²) in [6, 6.07) is 9.08. The van der Waals surface area contributed by atoms with E-state index in [1.165, 1.54) is 7.11 Å². The van der Waals surface area contributed by atoms with E-state index >= 15 is 0 Å². The number of nitrogens with zero attached hydrogens (tertiary/aromatic N) is 1. The average Bonchev–Trinajstić information content (AvgIpc) is 2.58. The quantitative estimate of drug-likeness (QED) is 0.811. The molecule has 2 heterocycles. The Morgan fingerprint density at radius 1 is 1.26 bits per heavy atom. The lowest BCUT2D eigenvalue weighted by atomic mass is 9.98. The number of aromatic nitrogens is 1. The second kappa shape index (κ2) is 6.59. The van der Waals surface area contributed by atoms with Gasteiger partial charge in [-0.1, -0.05) is 23.7 Å². The summed E-state index contributed by atoms with van der Waals surface area (Å²) in [7, 11) is 1.37. The van der Waals surface area contributed by atoms with Gasteiger partial charge in [0, 0.05) is 29.2 Å². The summed E-state index contributed by atoms with van der Waals surface area (Å²) in [6.07, 6.45) is 3.15. The number of pyridine rings is 1. The summed E-state index contributed by atoms with van der Waals surface area (Å²) in [5.41, 5.74) is 2.89. The maximum absolute atomic E-state index is 12.7. The van der Waals surface area contributed by atoms with Crippen molar-refractivity contribution >= 4 is 17.6 Å². The van der Waals surface area contributed by atoms with E-state index < -0.39 is 0 Å². The van der Waals surface area contributed by atoms with E-state index in [0.29, 0.717) is 29.1 Å². The molecule has 0 saturated carbocycles. The lowest BCUT2D eigenvalue weighted by Gasteiger charge is -2.22. The molecule has 0 N–H and O–H groups in total. The van der Waals surface area contributed by atoms with Crippen LogP contribution < -0.4 is 5.56 Å². The summed E-state index contributed by atoms with van der Waals surface area (Å²) in [5.74, 6) is -0.381. The number of halogens is 1. The third kappa shape index (κ3) is 3.17. The fraction of sp³-hybridized carbons (Fsp3) is 0.333. The second-order valence-corrected chi connectivity index (χ2v) is 6.18. The molecule has 3 rings (SSSR count). The third-order valence-electron chi connectivity index (χ3n) is 4.23. The molecule has 0 fully saturated rings. The zero-order valence-electron chi connectivity index (χ0n) is 13.0. The number of methoxy groups -OCH3 is 1. The van der Waals surface area contributed by atoms with Crippen LogP contribution in [0.2, 0.25) is 5.02 Å². The molecule has 2 aromatic rings. The fourth-order valence-corrected chi connectivity index (χ4v) is 3.19. The predicted octanol–water partition coefficient (Wildman–Crippen LogP) is 3.22. The topological polar surface area (TPSA) is 48.3 Å². The number of hydrogen-bond donors (Lipinski definition) is 0. The Kier molecular flexibility index (Phi) is 4.53. The Morgan fingerprint density at radius 3 is 2.70 bits per heavy atom. The van der Waals surface area contributed by atoms with Gasteiger partial charge in [-0.25, -0.2) is 4.79 Å². The van der Waals surface area contributed by atoms with Crippen LogP contribution in [0, 0.1) is 0 Å². The highest BCUT2D eigenvalue weighted by Crippen LogP contribution is 2.20. The smallest absolute Gasteiger partial charge is 0.339 e. The minimum absolute atomic E-state index is 0.0118. The van der Waals surface area contributed by atoms with Gasteiger partial charge in [0.25, 0.3) is 5.56 Å². The molecule has 0 atom stereocenters. The number of benzene rings is 1. The molecule has 0 saturated heterocycles. The summed E-state index contributed by atoms with van der Waals surface area (Å²) < 4.78 is 6.63. The van der Waals surface area contributed by atoms with Crippen LogP contribution in [-0.4, -0.2) is 17.6 Å². The van der Waals surface area contributed by atoms with Gasteiger partial charge in [0.2, 0.25) is 0 Å². The Hall–Kier alpha value is -2.07. The highest BCUT2D eigenvalue weighted by molar-refractivity contribution is 6.30. The van der Waals surface area contributed by atoms with Crippen molar-refractivity contribution in [2.24, 2.45) is 0 Å². The number of hydrogen-bond acceptors (Lipinski definition) is 3. The molecule has 120 valence electrons. The summed E-state index contributed by atoms with van der Waals surface area (Å²) in [6.45, 7) is 0.659. The Bertz CT molecular complexity index is 793. The van der Waals surface area contributed by atoms with Crippen LogP contribution in [0.3, 0.4) is 0 Å². The van der Waals surface area contributed by atoms with E-state index in [1.54, 1.807) is 22.8 Å². The first-order chi connectivity index (χ1) is 11.1. The molecular formula is C18H18ClNO3. The number of rotatable bonds is 3. The number of carbonyl (C=O) groups is 1. The Morgan fingerprint density at radius 2 is 2.00 bits per heavy atom. The van der Waals surface area contributed by atoms with Gasteiger partial charge in [-0.3, -0.25) is 4.79 Å². The Balaban J connectivity index is 2.07. The number of carbonyl (C=O) groups excluding carboxylic acids is 1. The van der Waals surface area contributed by atoms with Crippen molar-refractivity contribution in [3.63, 3.8) is 0 Å². The van der Waals surface area contributed by atoms with Gasteiger partial charge in [0.15, 0.2) is 0 Å². The van der Waals surface area contributed by atoms with Crippen LogP contribution in [0.4, 0.5) is 0 Å². The third-order valence-corrected chi connectivity index (χ3v) is 4.49. The normalized spacial score (nSPS) is 13.5. The molecule has 1 aliphatic heterocycles. The van der Waals surface area contributed by atoms with Crippen LogP contribution in [-0.2, 0) is 24.1 Å². The van der Waals surface area contributed by atoms with E-state index in [9.17, 15) is 9.59 Å². The van der Waals surface area contributed by atoms with Crippen molar-refractivity contribution in [1.29, 1.82) is 0 Å². The number of ether oxygens (including phenoxy) is 1. The van der Waals surface area contributed by atoms with Crippen molar-refractivity contribution in [1.82, 2.24) is 4.57 Å². The van der Waals surface area contributed by atoms with Gasteiger partial charge in [-0.2, -0.15) is 0 Å². The summed E-state index contributed by atoms with van der Waals surface area (Å²) in [4.78, 5) is 24.8. The van der Waals surface area contributed by atoms with Crippen molar-refractivity contribution < 1.29 is 9.53 Å². The SMILES string of the molecule is COC(=O)c1cc(Cc2ccc(Cl)cc2)c(=O)n2c1CCCC2. The van der Waals surface area contributed by atoms with E-state index in [-0.39, 0.29) is 11.5 Å². The first-order valence-corrected chi connectivity index (χ1v) is 8.06. The zero-order valence-corrected chi connectivity index (χ0v) is 13.7. The molecule has 0 radical (unpaired) electrons. The monoisotopic (exact) mass is 331 g/mol. The maximum Gasteiger partial charge on any atom is 0.339 e. The molecule has 1 aromatic carbocycles. The molecule has 1 aliphatic rings. The fourth-order valence-electron chi connectivity index (χ4n) is 3.06. The van der Waals surface area contributed by atoms with Gasteiger partial charge in [-0.15, -0.1) is 0 Å². The van der Waals surface area contributed by atoms with Crippen LogP contribution in [0.15, 0.2) is 35.1 Å². The van der Waals surface area contributed by atoms with Crippen molar-refractivity contribution in [3.8, 4) is 0 Å². The van der Waals surface area contributed by atoms with Gasteiger partial charge < -0.3 is 9.30 Å². The average molecular weight is 332 g/mol. The minimum atomic E-state index is -0.381. The van der Waals surface area contributed by atoms with E-state index in [2.05, 4.69) is 0 Å². The van der Waals surface area contributed by atoms with Crippen LogP contribution in [0.5, 0.6) is 0 Å².